The Balaban J connectivity index is 2.02. The van der Waals surface area contributed by atoms with E-state index >= 15 is 0 Å². The Morgan fingerprint density at radius 1 is 1.45 bits per heavy atom. The monoisotopic (exact) mass is 290 g/mol. The molecule has 1 N–H and O–H groups in total. The minimum absolute atomic E-state index is 0.193. The molecule has 20 heavy (non-hydrogen) atoms. The molecule has 0 saturated carbocycles. The van der Waals surface area contributed by atoms with Crippen LogP contribution >= 0.6 is 11.3 Å². The van der Waals surface area contributed by atoms with E-state index < -0.39 is 0 Å². The van der Waals surface area contributed by atoms with Crippen molar-refractivity contribution < 1.29 is 4.39 Å². The fourth-order valence-corrected chi connectivity index (χ4v) is 4.05. The summed E-state index contributed by atoms with van der Waals surface area (Å²) in [5, 5.41) is 4.46. The molecular formula is C16H19FN2S. The number of hydrogen-bond acceptors (Lipinski definition) is 3. The molecule has 0 bridgehead atoms. The summed E-state index contributed by atoms with van der Waals surface area (Å²) in [5.41, 5.74) is 3.19. The number of hydrogen-bond donors (Lipinski definition) is 1. The number of rotatable bonds is 3. The summed E-state index contributed by atoms with van der Waals surface area (Å²) < 4.78 is 13.5. The summed E-state index contributed by atoms with van der Waals surface area (Å²) in [5.74, 6) is -0.193. The van der Waals surface area contributed by atoms with Gasteiger partial charge in [0.05, 0.1) is 11.7 Å². The first kappa shape index (κ1) is 13.7. The molecule has 1 heterocycles. The molecule has 2 aromatic rings. The summed E-state index contributed by atoms with van der Waals surface area (Å²) in [6.45, 7) is 5.09. The number of benzene rings is 1. The summed E-state index contributed by atoms with van der Waals surface area (Å²) in [4.78, 5) is 6.17. The maximum absolute atomic E-state index is 13.5. The molecule has 0 fully saturated rings. The van der Waals surface area contributed by atoms with Crippen molar-refractivity contribution >= 4 is 11.3 Å². The maximum atomic E-state index is 13.5. The Bertz CT molecular complexity index is 621. The van der Waals surface area contributed by atoms with Crippen LogP contribution in [0.2, 0.25) is 0 Å². The lowest BCUT2D eigenvalue weighted by Crippen LogP contribution is -2.24. The number of halogens is 1. The Morgan fingerprint density at radius 2 is 2.30 bits per heavy atom. The lowest BCUT2D eigenvalue weighted by Gasteiger charge is -2.21. The van der Waals surface area contributed by atoms with Gasteiger partial charge in [0.15, 0.2) is 0 Å². The highest BCUT2D eigenvalue weighted by Gasteiger charge is 2.24. The molecule has 106 valence electrons. The van der Waals surface area contributed by atoms with Crippen molar-refractivity contribution in [3.05, 3.63) is 40.2 Å². The van der Waals surface area contributed by atoms with E-state index in [0.717, 1.165) is 35.5 Å². The van der Waals surface area contributed by atoms with E-state index in [1.807, 2.05) is 13.0 Å². The molecular weight excluding hydrogens is 271 g/mol. The summed E-state index contributed by atoms with van der Waals surface area (Å²) in [7, 11) is 0. The largest absolute Gasteiger partial charge is 0.309 e. The molecule has 1 aliphatic rings. The number of fused-ring (bicyclic) bond motifs is 1. The zero-order valence-corrected chi connectivity index (χ0v) is 12.7. The van der Waals surface area contributed by atoms with Gasteiger partial charge in [-0.2, -0.15) is 0 Å². The zero-order chi connectivity index (χ0) is 14.1. The summed E-state index contributed by atoms with van der Waals surface area (Å²) in [6.07, 6.45) is 3.45. The molecule has 1 aliphatic carbocycles. The number of aryl methyl sites for hydroxylation is 2. The molecule has 0 spiro atoms. The Kier molecular flexibility index (Phi) is 3.85. The van der Waals surface area contributed by atoms with Gasteiger partial charge in [0.1, 0.15) is 10.8 Å². The molecule has 0 radical (unpaired) electrons. The van der Waals surface area contributed by atoms with Gasteiger partial charge in [0.2, 0.25) is 0 Å². The summed E-state index contributed by atoms with van der Waals surface area (Å²) >= 11 is 1.72. The number of nitrogens with zero attached hydrogens (tertiary/aromatic N) is 1. The van der Waals surface area contributed by atoms with Crippen LogP contribution in [0.15, 0.2) is 18.2 Å². The second-order valence-electron chi connectivity index (χ2n) is 5.29. The van der Waals surface area contributed by atoms with Gasteiger partial charge < -0.3 is 5.32 Å². The van der Waals surface area contributed by atoms with Crippen LogP contribution in [0.1, 0.15) is 41.9 Å². The van der Waals surface area contributed by atoms with Crippen molar-refractivity contribution in [3.8, 4) is 10.6 Å². The first-order valence-electron chi connectivity index (χ1n) is 7.18. The number of aromatic nitrogens is 1. The standard InChI is InChI=1S/C16H19FN2S/c1-3-18-13-5-4-6-14-15(13)19-16(20-14)12-9-11(17)8-7-10(12)2/h7-9,13,18H,3-6H2,1-2H3. The average Bonchev–Trinajstić information content (AvgIpc) is 2.87. The van der Waals surface area contributed by atoms with Gasteiger partial charge in [-0.25, -0.2) is 9.37 Å². The molecule has 0 amide bonds. The topological polar surface area (TPSA) is 24.9 Å². The highest BCUT2D eigenvalue weighted by atomic mass is 32.1. The lowest BCUT2D eigenvalue weighted by molar-refractivity contribution is 0.465. The molecule has 1 aromatic heterocycles. The van der Waals surface area contributed by atoms with Crippen molar-refractivity contribution in [2.75, 3.05) is 6.54 Å². The Labute approximate surface area is 123 Å². The Morgan fingerprint density at radius 3 is 3.10 bits per heavy atom. The van der Waals surface area contributed by atoms with Crippen molar-refractivity contribution in [1.82, 2.24) is 10.3 Å². The van der Waals surface area contributed by atoms with E-state index in [1.165, 1.54) is 23.1 Å². The highest BCUT2D eigenvalue weighted by molar-refractivity contribution is 7.15. The van der Waals surface area contributed by atoms with Crippen LogP contribution in [0.5, 0.6) is 0 Å². The number of thiazole rings is 1. The Hall–Kier alpha value is -1.26. The molecule has 0 aliphatic heterocycles. The third-order valence-electron chi connectivity index (χ3n) is 3.83. The normalized spacial score (nSPS) is 18.1. The molecule has 0 saturated heterocycles. The quantitative estimate of drug-likeness (QED) is 0.914. The first-order valence-corrected chi connectivity index (χ1v) is 8.00. The van der Waals surface area contributed by atoms with E-state index in [4.69, 9.17) is 4.98 Å². The fraction of sp³-hybridized carbons (Fsp3) is 0.438. The van der Waals surface area contributed by atoms with Crippen LogP contribution in [-0.2, 0) is 6.42 Å². The van der Waals surface area contributed by atoms with Crippen molar-refractivity contribution in [3.63, 3.8) is 0 Å². The third kappa shape index (κ3) is 2.50. The molecule has 3 rings (SSSR count). The van der Waals surface area contributed by atoms with Crippen LogP contribution in [0.25, 0.3) is 10.6 Å². The average molecular weight is 290 g/mol. The predicted octanol–water partition coefficient (Wildman–Crippen LogP) is 4.24. The third-order valence-corrected chi connectivity index (χ3v) is 5.00. The van der Waals surface area contributed by atoms with Crippen LogP contribution < -0.4 is 5.32 Å². The number of nitrogens with one attached hydrogen (secondary N) is 1. The summed E-state index contributed by atoms with van der Waals surface area (Å²) in [6, 6.07) is 5.30. The van der Waals surface area contributed by atoms with Gasteiger partial charge in [-0.05, 0) is 50.4 Å². The van der Waals surface area contributed by atoms with E-state index in [0.29, 0.717) is 6.04 Å². The van der Waals surface area contributed by atoms with Gasteiger partial charge in [0.25, 0.3) is 0 Å². The first-order chi connectivity index (χ1) is 9.69. The van der Waals surface area contributed by atoms with Crippen LogP contribution in [-0.4, -0.2) is 11.5 Å². The van der Waals surface area contributed by atoms with Gasteiger partial charge in [0, 0.05) is 10.4 Å². The second-order valence-corrected chi connectivity index (χ2v) is 6.37. The van der Waals surface area contributed by atoms with Crippen molar-refractivity contribution in [2.24, 2.45) is 0 Å². The minimum Gasteiger partial charge on any atom is -0.309 e. The van der Waals surface area contributed by atoms with E-state index in [-0.39, 0.29) is 5.82 Å². The van der Waals surface area contributed by atoms with E-state index in [1.54, 1.807) is 17.4 Å². The highest BCUT2D eigenvalue weighted by Crippen LogP contribution is 2.38. The lowest BCUT2D eigenvalue weighted by atomic mass is 9.97. The molecule has 2 nitrogen and oxygen atoms in total. The molecule has 1 aromatic carbocycles. The SMILES string of the molecule is CCNC1CCCc2sc(-c3cc(F)ccc3C)nc21. The van der Waals surface area contributed by atoms with Crippen molar-refractivity contribution in [1.29, 1.82) is 0 Å². The van der Waals surface area contributed by atoms with Gasteiger partial charge >= 0.3 is 0 Å². The minimum atomic E-state index is -0.193. The molecule has 4 heteroatoms. The van der Waals surface area contributed by atoms with Gasteiger partial charge in [-0.1, -0.05) is 13.0 Å². The van der Waals surface area contributed by atoms with Crippen LogP contribution in [0.3, 0.4) is 0 Å². The van der Waals surface area contributed by atoms with E-state index in [9.17, 15) is 4.39 Å². The van der Waals surface area contributed by atoms with Crippen LogP contribution in [0.4, 0.5) is 4.39 Å². The maximum Gasteiger partial charge on any atom is 0.124 e. The zero-order valence-electron chi connectivity index (χ0n) is 11.9. The molecule has 1 atom stereocenters. The van der Waals surface area contributed by atoms with Gasteiger partial charge in [-0.15, -0.1) is 11.3 Å². The fourth-order valence-electron chi connectivity index (χ4n) is 2.80. The van der Waals surface area contributed by atoms with Crippen LogP contribution in [0, 0.1) is 12.7 Å². The van der Waals surface area contributed by atoms with Gasteiger partial charge in [-0.3, -0.25) is 0 Å². The van der Waals surface area contributed by atoms with E-state index in [2.05, 4.69) is 12.2 Å². The molecule has 1 unspecified atom stereocenters. The second kappa shape index (κ2) is 5.62. The smallest absolute Gasteiger partial charge is 0.124 e. The van der Waals surface area contributed by atoms with Crippen molar-refractivity contribution in [2.45, 2.75) is 39.2 Å². The predicted molar refractivity (Wildman–Crippen MR) is 81.6 cm³/mol.